The molecular formula is C24H24N2O2. The van der Waals surface area contributed by atoms with Gasteiger partial charge in [0.2, 0.25) is 0 Å². The highest BCUT2D eigenvalue weighted by Crippen LogP contribution is 2.23. The molecule has 0 N–H and O–H groups in total. The van der Waals surface area contributed by atoms with Crippen LogP contribution >= 0.6 is 0 Å². The lowest BCUT2D eigenvalue weighted by atomic mass is 10.1. The predicted octanol–water partition coefficient (Wildman–Crippen LogP) is 5.02. The number of carbonyl (C=O) groups excluding carboxylic acids is 2. The lowest BCUT2D eigenvalue weighted by Crippen LogP contribution is -2.32. The number of anilines is 2. The molecule has 0 heterocycles. The van der Waals surface area contributed by atoms with Gasteiger partial charge in [0.05, 0.1) is 0 Å². The summed E-state index contributed by atoms with van der Waals surface area (Å²) < 4.78 is 0. The largest absolute Gasteiger partial charge is 0.309 e. The molecule has 3 aromatic carbocycles. The van der Waals surface area contributed by atoms with Gasteiger partial charge < -0.3 is 9.80 Å². The molecule has 28 heavy (non-hydrogen) atoms. The summed E-state index contributed by atoms with van der Waals surface area (Å²) in [4.78, 5) is 29.1. The van der Waals surface area contributed by atoms with E-state index in [4.69, 9.17) is 0 Å². The molecule has 0 aliphatic carbocycles. The monoisotopic (exact) mass is 372 g/mol. The molecule has 3 aromatic rings. The van der Waals surface area contributed by atoms with Crippen LogP contribution in [0.15, 0.2) is 84.9 Å². The minimum atomic E-state index is -0.0384. The molecule has 0 saturated carbocycles. The third-order valence-corrected chi connectivity index (χ3v) is 4.64. The molecule has 0 bridgehead atoms. The van der Waals surface area contributed by atoms with Gasteiger partial charge in [0.15, 0.2) is 0 Å². The molecule has 0 fully saturated rings. The molecule has 2 amide bonds. The maximum absolute atomic E-state index is 12.8. The first-order valence-electron chi connectivity index (χ1n) is 9.49. The Kier molecular flexibility index (Phi) is 6.22. The van der Waals surface area contributed by atoms with E-state index < -0.39 is 0 Å². The Bertz CT molecular complexity index is 843. The number of amides is 2. The predicted molar refractivity (Wildman–Crippen MR) is 114 cm³/mol. The van der Waals surface area contributed by atoms with Crippen molar-refractivity contribution in [1.82, 2.24) is 0 Å². The molecule has 0 radical (unpaired) electrons. The van der Waals surface area contributed by atoms with Crippen LogP contribution in [0.4, 0.5) is 11.4 Å². The molecule has 0 aliphatic rings. The third kappa shape index (κ3) is 4.12. The van der Waals surface area contributed by atoms with Crippen LogP contribution in [0.3, 0.4) is 0 Å². The standard InChI is InChI=1S/C24H24N2O2/c1-3-25(23(27)19-11-7-5-8-12-19)21-15-17-22(18-16-21)26(4-2)24(28)20-13-9-6-10-14-20/h5-18H,3-4H2,1-2H3. The van der Waals surface area contributed by atoms with E-state index in [-0.39, 0.29) is 11.8 Å². The fourth-order valence-corrected chi connectivity index (χ4v) is 3.17. The Labute approximate surface area is 166 Å². The van der Waals surface area contributed by atoms with E-state index in [1.54, 1.807) is 9.80 Å². The normalized spacial score (nSPS) is 10.4. The van der Waals surface area contributed by atoms with Crippen molar-refractivity contribution in [1.29, 1.82) is 0 Å². The first-order chi connectivity index (χ1) is 13.7. The minimum Gasteiger partial charge on any atom is -0.309 e. The molecule has 0 aromatic heterocycles. The lowest BCUT2D eigenvalue weighted by Gasteiger charge is -2.24. The van der Waals surface area contributed by atoms with Crippen LogP contribution < -0.4 is 9.80 Å². The van der Waals surface area contributed by atoms with Crippen molar-refractivity contribution in [2.45, 2.75) is 13.8 Å². The van der Waals surface area contributed by atoms with E-state index in [1.807, 2.05) is 98.8 Å². The lowest BCUT2D eigenvalue weighted by molar-refractivity contribution is 0.0980. The second-order valence-corrected chi connectivity index (χ2v) is 6.35. The molecular weight excluding hydrogens is 348 g/mol. The fraction of sp³-hybridized carbons (Fsp3) is 0.167. The molecule has 0 spiro atoms. The number of carbonyl (C=O) groups is 2. The second kappa shape index (κ2) is 9.00. The zero-order valence-corrected chi connectivity index (χ0v) is 16.2. The molecule has 4 nitrogen and oxygen atoms in total. The minimum absolute atomic E-state index is 0.0384. The molecule has 3 rings (SSSR count). The second-order valence-electron chi connectivity index (χ2n) is 6.35. The molecule has 4 heteroatoms. The summed E-state index contributed by atoms with van der Waals surface area (Å²) >= 11 is 0. The Balaban J connectivity index is 1.83. The Morgan fingerprint density at radius 1 is 0.571 bits per heavy atom. The van der Waals surface area contributed by atoms with Crippen molar-refractivity contribution in [3.8, 4) is 0 Å². The number of hydrogen-bond donors (Lipinski definition) is 0. The average Bonchev–Trinajstić information content (AvgIpc) is 2.77. The maximum Gasteiger partial charge on any atom is 0.258 e. The highest BCUT2D eigenvalue weighted by molar-refractivity contribution is 6.07. The number of rotatable bonds is 6. The summed E-state index contributed by atoms with van der Waals surface area (Å²) in [5.74, 6) is -0.0767. The van der Waals surface area contributed by atoms with Crippen LogP contribution in [0.5, 0.6) is 0 Å². The van der Waals surface area contributed by atoms with Crippen LogP contribution in [0.1, 0.15) is 34.6 Å². The zero-order chi connectivity index (χ0) is 19.9. The summed E-state index contributed by atoms with van der Waals surface area (Å²) in [6.45, 7) is 5.03. The quantitative estimate of drug-likeness (QED) is 0.609. The first kappa shape index (κ1) is 19.4. The van der Waals surface area contributed by atoms with Crippen molar-refractivity contribution in [2.75, 3.05) is 22.9 Å². The third-order valence-electron chi connectivity index (χ3n) is 4.64. The fourth-order valence-electron chi connectivity index (χ4n) is 3.17. The van der Waals surface area contributed by atoms with Crippen molar-refractivity contribution in [2.24, 2.45) is 0 Å². The van der Waals surface area contributed by atoms with Crippen molar-refractivity contribution in [3.63, 3.8) is 0 Å². The van der Waals surface area contributed by atoms with Gasteiger partial charge in [-0.2, -0.15) is 0 Å². The van der Waals surface area contributed by atoms with Gasteiger partial charge in [-0.3, -0.25) is 9.59 Å². The average molecular weight is 372 g/mol. The van der Waals surface area contributed by atoms with Gasteiger partial charge >= 0.3 is 0 Å². The van der Waals surface area contributed by atoms with E-state index in [2.05, 4.69) is 0 Å². The topological polar surface area (TPSA) is 40.6 Å². The summed E-state index contributed by atoms with van der Waals surface area (Å²) in [7, 11) is 0. The van der Waals surface area contributed by atoms with Gasteiger partial charge in [0.25, 0.3) is 11.8 Å². The summed E-state index contributed by atoms with van der Waals surface area (Å²) in [5, 5.41) is 0. The van der Waals surface area contributed by atoms with E-state index in [0.29, 0.717) is 24.2 Å². The number of nitrogens with zero attached hydrogens (tertiary/aromatic N) is 2. The van der Waals surface area contributed by atoms with Crippen LogP contribution in [0.25, 0.3) is 0 Å². The summed E-state index contributed by atoms with van der Waals surface area (Å²) in [5.41, 5.74) is 2.93. The van der Waals surface area contributed by atoms with E-state index in [1.165, 1.54) is 0 Å². The summed E-state index contributed by atoms with van der Waals surface area (Å²) in [6, 6.07) is 26.0. The molecule has 0 aliphatic heterocycles. The Hall–Kier alpha value is -3.40. The van der Waals surface area contributed by atoms with E-state index >= 15 is 0 Å². The van der Waals surface area contributed by atoms with Crippen molar-refractivity contribution >= 4 is 23.2 Å². The van der Waals surface area contributed by atoms with Crippen molar-refractivity contribution in [3.05, 3.63) is 96.1 Å². The van der Waals surface area contributed by atoms with Gasteiger partial charge in [0, 0.05) is 35.6 Å². The molecule has 142 valence electrons. The molecule has 0 atom stereocenters. The highest BCUT2D eigenvalue weighted by Gasteiger charge is 2.18. The van der Waals surface area contributed by atoms with Crippen LogP contribution in [-0.2, 0) is 0 Å². The number of hydrogen-bond acceptors (Lipinski definition) is 2. The zero-order valence-electron chi connectivity index (χ0n) is 16.2. The van der Waals surface area contributed by atoms with Gasteiger partial charge in [-0.15, -0.1) is 0 Å². The van der Waals surface area contributed by atoms with Gasteiger partial charge in [0.1, 0.15) is 0 Å². The van der Waals surface area contributed by atoms with Crippen molar-refractivity contribution < 1.29 is 9.59 Å². The van der Waals surface area contributed by atoms with Crippen LogP contribution in [-0.4, -0.2) is 24.9 Å². The van der Waals surface area contributed by atoms with E-state index in [0.717, 1.165) is 11.4 Å². The van der Waals surface area contributed by atoms with Crippen LogP contribution in [0.2, 0.25) is 0 Å². The van der Waals surface area contributed by atoms with Crippen LogP contribution in [0, 0.1) is 0 Å². The SMILES string of the molecule is CCN(C(=O)c1ccccc1)c1ccc(N(CC)C(=O)c2ccccc2)cc1. The van der Waals surface area contributed by atoms with Gasteiger partial charge in [-0.1, -0.05) is 36.4 Å². The molecule has 0 saturated heterocycles. The maximum atomic E-state index is 12.8. The first-order valence-corrected chi connectivity index (χ1v) is 9.49. The van der Waals surface area contributed by atoms with E-state index in [9.17, 15) is 9.59 Å². The van der Waals surface area contributed by atoms with Gasteiger partial charge in [-0.05, 0) is 62.4 Å². The number of benzene rings is 3. The summed E-state index contributed by atoms with van der Waals surface area (Å²) in [6.07, 6.45) is 0. The Morgan fingerprint density at radius 2 is 0.893 bits per heavy atom. The van der Waals surface area contributed by atoms with Gasteiger partial charge in [-0.25, -0.2) is 0 Å². The molecule has 0 unspecified atom stereocenters. The smallest absolute Gasteiger partial charge is 0.258 e. The highest BCUT2D eigenvalue weighted by atomic mass is 16.2. The Morgan fingerprint density at radius 3 is 1.18 bits per heavy atom.